The minimum atomic E-state index is -0.455. The summed E-state index contributed by atoms with van der Waals surface area (Å²) in [4.78, 5) is 11.5. The highest BCUT2D eigenvalue weighted by atomic mass is 32.1. The highest BCUT2D eigenvalue weighted by Gasteiger charge is 2.28. The van der Waals surface area contributed by atoms with E-state index in [4.69, 9.17) is 4.98 Å². The molecule has 1 saturated heterocycles. The van der Waals surface area contributed by atoms with Crippen molar-refractivity contribution in [1.29, 1.82) is 0 Å². The van der Waals surface area contributed by atoms with Crippen LogP contribution in [0.3, 0.4) is 0 Å². The predicted octanol–water partition coefficient (Wildman–Crippen LogP) is 2.95. The van der Waals surface area contributed by atoms with Crippen LogP contribution in [0.15, 0.2) is 17.8 Å². The molecule has 2 aromatic heterocycles. The van der Waals surface area contributed by atoms with Gasteiger partial charge in [0, 0.05) is 37.3 Å². The molecular formula is C17H26N4OS. The molecule has 1 unspecified atom stereocenters. The number of rotatable bonds is 5. The minimum Gasteiger partial charge on any atom is -0.385 e. The van der Waals surface area contributed by atoms with Gasteiger partial charge in [-0.25, -0.2) is 9.97 Å². The van der Waals surface area contributed by atoms with Gasteiger partial charge in [-0.2, -0.15) is 0 Å². The van der Waals surface area contributed by atoms with Crippen molar-refractivity contribution in [3.05, 3.63) is 34.3 Å². The Morgan fingerprint density at radius 3 is 2.65 bits per heavy atom. The Labute approximate surface area is 142 Å². The second-order valence-corrected chi connectivity index (χ2v) is 7.68. The third-order valence-corrected chi connectivity index (χ3v) is 5.84. The van der Waals surface area contributed by atoms with Crippen LogP contribution >= 0.6 is 11.3 Å². The Kier molecular flexibility index (Phi) is 5.14. The van der Waals surface area contributed by atoms with E-state index in [1.165, 1.54) is 10.7 Å². The minimum absolute atomic E-state index is 0.300. The maximum Gasteiger partial charge on any atom is 0.137 e. The van der Waals surface area contributed by atoms with Crippen molar-refractivity contribution >= 4 is 11.3 Å². The Bertz CT molecular complexity index is 628. The van der Waals surface area contributed by atoms with Gasteiger partial charge < -0.3 is 9.67 Å². The number of aliphatic hydroxyl groups is 1. The number of imidazole rings is 1. The van der Waals surface area contributed by atoms with Crippen molar-refractivity contribution in [2.45, 2.75) is 45.3 Å². The average molecular weight is 334 g/mol. The lowest BCUT2D eigenvalue weighted by molar-refractivity contribution is 0.0489. The Morgan fingerprint density at radius 2 is 2.09 bits per heavy atom. The van der Waals surface area contributed by atoms with Crippen LogP contribution in [0.4, 0.5) is 0 Å². The molecule has 5 nitrogen and oxygen atoms in total. The summed E-state index contributed by atoms with van der Waals surface area (Å²) in [6.45, 7) is 7.33. The van der Waals surface area contributed by atoms with Crippen LogP contribution in [-0.2, 0) is 13.6 Å². The molecule has 126 valence electrons. The van der Waals surface area contributed by atoms with Crippen LogP contribution in [-0.4, -0.2) is 37.6 Å². The van der Waals surface area contributed by atoms with Gasteiger partial charge in [-0.15, -0.1) is 11.3 Å². The third-order valence-electron chi connectivity index (χ3n) is 4.65. The third kappa shape index (κ3) is 3.82. The number of aliphatic hydroxyl groups excluding tert-OH is 1. The molecular weight excluding hydrogens is 308 g/mol. The maximum atomic E-state index is 10.5. The van der Waals surface area contributed by atoms with Gasteiger partial charge in [0.15, 0.2) is 0 Å². The largest absolute Gasteiger partial charge is 0.385 e. The lowest BCUT2D eigenvalue weighted by Crippen LogP contribution is -2.35. The number of piperidine rings is 1. The number of aromatic nitrogens is 3. The fraction of sp³-hybridized carbons (Fsp3) is 0.647. The lowest BCUT2D eigenvalue weighted by Gasteiger charge is -2.33. The summed E-state index contributed by atoms with van der Waals surface area (Å²) in [5.74, 6) is 1.59. The molecule has 1 fully saturated rings. The maximum absolute atomic E-state index is 10.5. The van der Waals surface area contributed by atoms with Gasteiger partial charge in [0.05, 0.1) is 10.7 Å². The Balaban J connectivity index is 1.53. The summed E-state index contributed by atoms with van der Waals surface area (Å²) < 4.78 is 1.92. The summed E-state index contributed by atoms with van der Waals surface area (Å²) in [5.41, 5.74) is 1.18. The second kappa shape index (κ2) is 7.11. The molecule has 1 aliphatic rings. The first kappa shape index (κ1) is 16.6. The first-order valence-electron chi connectivity index (χ1n) is 8.36. The zero-order chi connectivity index (χ0) is 16.4. The summed E-state index contributed by atoms with van der Waals surface area (Å²) in [6.07, 6.45) is 5.21. The molecule has 0 aliphatic carbocycles. The quantitative estimate of drug-likeness (QED) is 0.913. The molecule has 3 heterocycles. The van der Waals surface area contributed by atoms with E-state index in [2.05, 4.69) is 29.1 Å². The summed E-state index contributed by atoms with van der Waals surface area (Å²) in [7, 11) is 1.94. The molecule has 0 amide bonds. The molecule has 0 bridgehead atoms. The first-order valence-corrected chi connectivity index (χ1v) is 9.24. The molecule has 1 aliphatic heterocycles. The highest BCUT2D eigenvalue weighted by molar-refractivity contribution is 7.09. The standard InChI is InChI=1S/C17H26N4OS/c1-12(2)17-19-14(11-23-17)10-21-7-4-13(5-8-21)15(22)16-18-6-9-20(16)3/h6,9,11-13,15,22H,4-5,7-8,10H2,1-3H3. The Hall–Kier alpha value is -1.24. The van der Waals surface area contributed by atoms with Crippen LogP contribution in [0, 0.1) is 5.92 Å². The zero-order valence-corrected chi connectivity index (χ0v) is 15.0. The van der Waals surface area contributed by atoms with Gasteiger partial charge in [-0.05, 0) is 31.8 Å². The van der Waals surface area contributed by atoms with Gasteiger partial charge >= 0.3 is 0 Å². The predicted molar refractivity (Wildman–Crippen MR) is 92.4 cm³/mol. The van der Waals surface area contributed by atoms with Crippen LogP contribution in [0.5, 0.6) is 0 Å². The summed E-state index contributed by atoms with van der Waals surface area (Å²) in [5, 5.41) is 13.9. The number of hydrogen-bond donors (Lipinski definition) is 1. The van der Waals surface area contributed by atoms with E-state index in [0.717, 1.165) is 38.3 Å². The van der Waals surface area contributed by atoms with Gasteiger partial charge in [-0.3, -0.25) is 4.90 Å². The molecule has 23 heavy (non-hydrogen) atoms. The van der Waals surface area contributed by atoms with Crippen molar-refractivity contribution in [2.75, 3.05) is 13.1 Å². The second-order valence-electron chi connectivity index (χ2n) is 6.79. The van der Waals surface area contributed by atoms with Crippen molar-refractivity contribution in [3.63, 3.8) is 0 Å². The van der Waals surface area contributed by atoms with Gasteiger partial charge in [0.1, 0.15) is 11.9 Å². The topological polar surface area (TPSA) is 54.2 Å². The molecule has 0 radical (unpaired) electrons. The van der Waals surface area contributed by atoms with Crippen molar-refractivity contribution in [2.24, 2.45) is 13.0 Å². The van der Waals surface area contributed by atoms with Crippen LogP contribution in [0.25, 0.3) is 0 Å². The molecule has 0 aromatic carbocycles. The van der Waals surface area contributed by atoms with Gasteiger partial charge in [0.25, 0.3) is 0 Å². The molecule has 1 N–H and O–H groups in total. The van der Waals surface area contributed by atoms with E-state index in [-0.39, 0.29) is 0 Å². The van der Waals surface area contributed by atoms with E-state index in [1.54, 1.807) is 17.5 Å². The molecule has 0 spiro atoms. The van der Waals surface area contributed by atoms with Crippen molar-refractivity contribution < 1.29 is 5.11 Å². The van der Waals surface area contributed by atoms with Gasteiger partial charge in [0.2, 0.25) is 0 Å². The molecule has 2 aromatic rings. The van der Waals surface area contributed by atoms with Gasteiger partial charge in [-0.1, -0.05) is 13.8 Å². The number of likely N-dealkylation sites (tertiary alicyclic amines) is 1. The average Bonchev–Trinajstić information content (AvgIpc) is 3.16. The highest BCUT2D eigenvalue weighted by Crippen LogP contribution is 2.30. The lowest BCUT2D eigenvalue weighted by atomic mass is 9.90. The smallest absolute Gasteiger partial charge is 0.137 e. The van der Waals surface area contributed by atoms with Crippen LogP contribution in [0.1, 0.15) is 55.2 Å². The molecule has 1 atom stereocenters. The summed E-state index contributed by atoms with van der Waals surface area (Å²) in [6, 6.07) is 0. The fourth-order valence-corrected chi connectivity index (χ4v) is 4.02. The van der Waals surface area contributed by atoms with E-state index in [9.17, 15) is 5.11 Å². The van der Waals surface area contributed by atoms with Crippen LogP contribution < -0.4 is 0 Å². The van der Waals surface area contributed by atoms with E-state index in [1.807, 2.05) is 17.8 Å². The molecule has 3 rings (SSSR count). The van der Waals surface area contributed by atoms with E-state index in [0.29, 0.717) is 11.8 Å². The summed E-state index contributed by atoms with van der Waals surface area (Å²) >= 11 is 1.76. The number of nitrogens with zero attached hydrogens (tertiary/aromatic N) is 4. The molecule has 0 saturated carbocycles. The zero-order valence-electron chi connectivity index (χ0n) is 14.1. The van der Waals surface area contributed by atoms with E-state index < -0.39 is 6.10 Å². The Morgan fingerprint density at radius 1 is 1.35 bits per heavy atom. The number of aryl methyl sites for hydroxylation is 1. The SMILES string of the molecule is CC(C)c1nc(CN2CCC(C(O)c3nccn3C)CC2)cs1. The van der Waals surface area contributed by atoms with Crippen molar-refractivity contribution in [1.82, 2.24) is 19.4 Å². The number of thiazole rings is 1. The normalized spacial score (nSPS) is 18.7. The first-order chi connectivity index (χ1) is 11.0. The number of hydrogen-bond acceptors (Lipinski definition) is 5. The fourth-order valence-electron chi connectivity index (χ4n) is 3.19. The van der Waals surface area contributed by atoms with E-state index >= 15 is 0 Å². The van der Waals surface area contributed by atoms with Crippen molar-refractivity contribution in [3.8, 4) is 0 Å². The monoisotopic (exact) mass is 334 g/mol. The van der Waals surface area contributed by atoms with Crippen LogP contribution in [0.2, 0.25) is 0 Å². The molecule has 6 heteroatoms.